The van der Waals surface area contributed by atoms with E-state index in [0.717, 1.165) is 12.8 Å². The van der Waals surface area contributed by atoms with Gasteiger partial charge in [-0.3, -0.25) is 9.80 Å². The molecule has 0 radical (unpaired) electrons. The van der Waals surface area contributed by atoms with E-state index in [1.54, 1.807) is 0 Å². The van der Waals surface area contributed by atoms with Gasteiger partial charge in [0.2, 0.25) is 0 Å². The minimum absolute atomic E-state index is 0.0625. The normalized spacial score (nSPS) is 13.6. The van der Waals surface area contributed by atoms with E-state index >= 15 is 0 Å². The zero-order valence-electron chi connectivity index (χ0n) is 25.6. The van der Waals surface area contributed by atoms with Crippen LogP contribution in [0.25, 0.3) is 11.1 Å². The number of aliphatic hydroxyl groups is 4. The molecule has 0 spiro atoms. The molecule has 0 unspecified atom stereocenters. The summed E-state index contributed by atoms with van der Waals surface area (Å²) in [6.07, 6.45) is 1.65. The molecule has 2 aromatic carbocycles. The minimum Gasteiger partial charge on any atom is -0.395 e. The lowest BCUT2D eigenvalue weighted by molar-refractivity contribution is 0.0226. The number of fused-ring (bicyclic) bond motifs is 3. The van der Waals surface area contributed by atoms with Crippen LogP contribution in [0, 0.1) is 0 Å². The Bertz CT molecular complexity index is 919. The summed E-state index contributed by atoms with van der Waals surface area (Å²) in [6.45, 7) is 7.90. The van der Waals surface area contributed by atoms with Crippen molar-refractivity contribution in [3.8, 4) is 11.1 Å². The number of nitrogens with zero attached hydrogens (tertiary/aromatic N) is 2. The zero-order valence-corrected chi connectivity index (χ0v) is 25.6. The Morgan fingerprint density at radius 2 is 0.791 bits per heavy atom. The Kier molecular flexibility index (Phi) is 17.3. The van der Waals surface area contributed by atoms with Crippen LogP contribution in [0.4, 0.5) is 0 Å². The summed E-state index contributed by atoms with van der Waals surface area (Å²) >= 11 is 0. The average molecular weight is 605 g/mol. The number of rotatable bonds is 26. The molecular formula is C33H52N2O8. The van der Waals surface area contributed by atoms with Crippen molar-refractivity contribution in [2.75, 3.05) is 119 Å². The number of benzene rings is 2. The number of hydrogen-bond donors (Lipinski definition) is 4. The maximum Gasteiger partial charge on any atom is 0.0701 e. The summed E-state index contributed by atoms with van der Waals surface area (Å²) in [5.41, 5.74) is 4.97. The number of ether oxygens (including phenoxy) is 4. The third-order valence-corrected chi connectivity index (χ3v) is 8.03. The maximum atomic E-state index is 9.14. The quantitative estimate of drug-likeness (QED) is 0.117. The SMILES string of the molecule is OCCN(CCO)CCOCCOCCC1(CCOCCOCCN(CCO)CCO)c2ccccc2-c2ccccc21. The second-order valence-electron chi connectivity index (χ2n) is 10.7. The van der Waals surface area contributed by atoms with E-state index in [1.807, 2.05) is 9.80 Å². The van der Waals surface area contributed by atoms with Crippen LogP contribution in [0.1, 0.15) is 24.0 Å². The smallest absolute Gasteiger partial charge is 0.0701 e. The van der Waals surface area contributed by atoms with Gasteiger partial charge in [0, 0.05) is 57.9 Å². The third-order valence-electron chi connectivity index (χ3n) is 8.03. The predicted octanol–water partition coefficient (Wildman–Crippen LogP) is 1.37. The maximum absolute atomic E-state index is 9.14. The van der Waals surface area contributed by atoms with Crippen LogP contribution < -0.4 is 0 Å². The van der Waals surface area contributed by atoms with Gasteiger partial charge in [0.1, 0.15) is 0 Å². The first-order valence-electron chi connectivity index (χ1n) is 15.6. The summed E-state index contributed by atoms with van der Waals surface area (Å²) in [7, 11) is 0. The topological polar surface area (TPSA) is 124 Å². The fourth-order valence-electron chi connectivity index (χ4n) is 5.84. The largest absolute Gasteiger partial charge is 0.395 e. The van der Waals surface area contributed by atoms with E-state index in [2.05, 4.69) is 48.5 Å². The van der Waals surface area contributed by atoms with Gasteiger partial charge in [0.25, 0.3) is 0 Å². The van der Waals surface area contributed by atoms with Gasteiger partial charge >= 0.3 is 0 Å². The highest BCUT2D eigenvalue weighted by atomic mass is 16.5. The molecule has 43 heavy (non-hydrogen) atoms. The number of hydrogen-bond acceptors (Lipinski definition) is 10. The average Bonchev–Trinajstić information content (AvgIpc) is 3.30. The van der Waals surface area contributed by atoms with Crippen LogP contribution in [0.3, 0.4) is 0 Å². The summed E-state index contributed by atoms with van der Waals surface area (Å²) in [5.74, 6) is 0. The molecule has 0 bridgehead atoms. The van der Waals surface area contributed by atoms with Gasteiger partial charge in [-0.05, 0) is 35.1 Å². The van der Waals surface area contributed by atoms with Crippen molar-refractivity contribution < 1.29 is 39.4 Å². The summed E-state index contributed by atoms with van der Waals surface area (Å²) in [4.78, 5) is 3.94. The fraction of sp³-hybridized carbons (Fsp3) is 0.636. The Labute approximate surface area is 256 Å². The first kappa shape index (κ1) is 35.5. The standard InChI is InChI=1S/C33H52N2O8/c36-17-11-34(12-18-37)15-23-42-27-25-40-21-9-33(10-22-41-26-28-43-24-16-35(13-19-38)14-20-39)31-7-3-1-5-29(31)30-6-2-4-8-32(30)33/h1-8,36-39H,9-28H2. The Morgan fingerprint density at radius 3 is 1.16 bits per heavy atom. The first-order valence-corrected chi connectivity index (χ1v) is 15.6. The van der Waals surface area contributed by atoms with Gasteiger partial charge in [-0.1, -0.05) is 48.5 Å². The molecule has 1 aliphatic rings. The van der Waals surface area contributed by atoms with Crippen molar-refractivity contribution >= 4 is 0 Å². The summed E-state index contributed by atoms with van der Waals surface area (Å²) in [5, 5.41) is 36.6. The van der Waals surface area contributed by atoms with Crippen LogP contribution in [-0.2, 0) is 24.4 Å². The van der Waals surface area contributed by atoms with Crippen molar-refractivity contribution in [2.45, 2.75) is 18.3 Å². The molecule has 2 aromatic rings. The highest BCUT2D eigenvalue weighted by molar-refractivity contribution is 5.81. The molecule has 1 aliphatic carbocycles. The van der Waals surface area contributed by atoms with Gasteiger partial charge in [-0.25, -0.2) is 0 Å². The zero-order chi connectivity index (χ0) is 30.6. The summed E-state index contributed by atoms with van der Waals surface area (Å²) < 4.78 is 23.6. The second kappa shape index (κ2) is 20.9. The third kappa shape index (κ3) is 11.2. The lowest BCUT2D eigenvalue weighted by Crippen LogP contribution is -2.33. The molecule has 0 aromatic heterocycles. The molecule has 10 heteroatoms. The lowest BCUT2D eigenvalue weighted by atomic mass is 9.73. The van der Waals surface area contributed by atoms with Crippen molar-refractivity contribution in [3.63, 3.8) is 0 Å². The van der Waals surface area contributed by atoms with E-state index in [0.29, 0.717) is 92.1 Å². The molecule has 0 saturated carbocycles. The molecule has 0 fully saturated rings. The minimum atomic E-state index is -0.209. The molecule has 0 saturated heterocycles. The monoisotopic (exact) mass is 604 g/mol. The van der Waals surface area contributed by atoms with E-state index in [9.17, 15) is 0 Å². The highest BCUT2D eigenvalue weighted by Crippen LogP contribution is 2.52. The molecule has 10 nitrogen and oxygen atoms in total. The van der Waals surface area contributed by atoms with Crippen LogP contribution >= 0.6 is 0 Å². The van der Waals surface area contributed by atoms with Gasteiger partial charge in [-0.2, -0.15) is 0 Å². The fourth-order valence-corrected chi connectivity index (χ4v) is 5.84. The highest BCUT2D eigenvalue weighted by Gasteiger charge is 2.42. The molecule has 4 N–H and O–H groups in total. The molecule has 242 valence electrons. The number of aliphatic hydroxyl groups excluding tert-OH is 4. The molecule has 0 aliphatic heterocycles. The van der Waals surface area contributed by atoms with Gasteiger partial charge in [0.15, 0.2) is 0 Å². The van der Waals surface area contributed by atoms with Crippen LogP contribution in [0.2, 0.25) is 0 Å². The van der Waals surface area contributed by atoms with E-state index in [4.69, 9.17) is 39.4 Å². The molecule has 0 amide bonds. The molecule has 0 heterocycles. The van der Waals surface area contributed by atoms with Gasteiger partial charge in [-0.15, -0.1) is 0 Å². The van der Waals surface area contributed by atoms with Crippen molar-refractivity contribution in [3.05, 3.63) is 59.7 Å². The first-order chi connectivity index (χ1) is 21.2. The Balaban J connectivity index is 1.48. The van der Waals surface area contributed by atoms with Gasteiger partial charge in [0.05, 0.1) is 66.1 Å². The second-order valence-corrected chi connectivity index (χ2v) is 10.7. The lowest BCUT2D eigenvalue weighted by Gasteiger charge is -2.32. The predicted molar refractivity (Wildman–Crippen MR) is 166 cm³/mol. The van der Waals surface area contributed by atoms with E-state index in [-0.39, 0.29) is 31.8 Å². The van der Waals surface area contributed by atoms with Crippen LogP contribution in [-0.4, -0.2) is 149 Å². The van der Waals surface area contributed by atoms with Crippen molar-refractivity contribution in [1.82, 2.24) is 9.80 Å². The molecular weight excluding hydrogens is 552 g/mol. The van der Waals surface area contributed by atoms with Crippen LogP contribution in [0.5, 0.6) is 0 Å². The van der Waals surface area contributed by atoms with E-state index < -0.39 is 0 Å². The Hall–Kier alpha value is -1.96. The Morgan fingerprint density at radius 1 is 0.442 bits per heavy atom. The van der Waals surface area contributed by atoms with Crippen LogP contribution in [0.15, 0.2) is 48.5 Å². The van der Waals surface area contributed by atoms with E-state index in [1.165, 1.54) is 22.3 Å². The van der Waals surface area contributed by atoms with Crippen molar-refractivity contribution in [2.24, 2.45) is 0 Å². The molecule has 3 rings (SSSR count). The van der Waals surface area contributed by atoms with Crippen molar-refractivity contribution in [1.29, 1.82) is 0 Å². The van der Waals surface area contributed by atoms with Gasteiger partial charge < -0.3 is 39.4 Å². The summed E-state index contributed by atoms with van der Waals surface area (Å²) in [6, 6.07) is 17.3. The molecule has 0 atom stereocenters.